The van der Waals surface area contributed by atoms with E-state index in [-0.39, 0.29) is 12.4 Å². The molecule has 2 N–H and O–H groups in total. The average molecular weight is 231 g/mol. The molecule has 5 heteroatoms. The zero-order valence-corrected chi connectivity index (χ0v) is 9.67. The Hall–Kier alpha value is -0.580. The third-order valence-corrected chi connectivity index (χ3v) is 2.70. The Bertz CT molecular complexity index is 244. The first-order valence-corrected chi connectivity index (χ1v) is 5.35. The molecular formula is C10H19ClN4. The number of rotatable bonds is 4. The number of imidazole rings is 1. The van der Waals surface area contributed by atoms with E-state index in [0.717, 1.165) is 26.2 Å². The van der Waals surface area contributed by atoms with E-state index in [2.05, 4.69) is 20.2 Å². The van der Waals surface area contributed by atoms with Gasteiger partial charge in [-0.25, -0.2) is 4.98 Å². The Kier molecular flexibility index (Phi) is 5.68. The number of aromatic nitrogens is 2. The van der Waals surface area contributed by atoms with Crippen LogP contribution in [0.5, 0.6) is 0 Å². The molecule has 1 aliphatic rings. The lowest BCUT2D eigenvalue weighted by molar-refractivity contribution is 0.381. The molecule has 0 spiro atoms. The third kappa shape index (κ3) is 4.20. The van der Waals surface area contributed by atoms with Crippen molar-refractivity contribution < 1.29 is 0 Å². The summed E-state index contributed by atoms with van der Waals surface area (Å²) >= 11 is 0. The van der Waals surface area contributed by atoms with E-state index in [1.54, 1.807) is 0 Å². The van der Waals surface area contributed by atoms with Crippen LogP contribution in [-0.2, 0) is 6.54 Å². The van der Waals surface area contributed by atoms with Crippen molar-refractivity contribution in [1.29, 1.82) is 0 Å². The Morgan fingerprint density at radius 1 is 1.40 bits per heavy atom. The summed E-state index contributed by atoms with van der Waals surface area (Å²) in [6.45, 7) is 4.37. The van der Waals surface area contributed by atoms with Crippen LogP contribution in [0.4, 0.5) is 0 Å². The van der Waals surface area contributed by atoms with Gasteiger partial charge < -0.3 is 15.2 Å². The summed E-state index contributed by atoms with van der Waals surface area (Å²) in [6.07, 6.45) is 8.20. The van der Waals surface area contributed by atoms with Gasteiger partial charge in [-0.05, 0) is 25.9 Å². The van der Waals surface area contributed by atoms with Crippen molar-refractivity contribution in [2.75, 3.05) is 19.6 Å². The molecule has 2 heterocycles. The van der Waals surface area contributed by atoms with Crippen LogP contribution in [0, 0.1) is 0 Å². The van der Waals surface area contributed by atoms with Crippen LogP contribution in [0.2, 0.25) is 0 Å². The number of nitrogens with one attached hydrogen (secondary N) is 2. The maximum Gasteiger partial charge on any atom is 0.0946 e. The van der Waals surface area contributed by atoms with Crippen molar-refractivity contribution >= 4 is 12.4 Å². The summed E-state index contributed by atoms with van der Waals surface area (Å²) in [6, 6.07) is 0.708. The van der Waals surface area contributed by atoms with Gasteiger partial charge >= 0.3 is 0 Å². The molecule has 0 aromatic carbocycles. The summed E-state index contributed by atoms with van der Waals surface area (Å²) in [5.41, 5.74) is 0. The molecule has 0 atom stereocenters. The molecule has 0 bridgehead atoms. The second-order valence-electron chi connectivity index (χ2n) is 3.78. The maximum atomic E-state index is 4.01. The summed E-state index contributed by atoms with van der Waals surface area (Å²) in [4.78, 5) is 4.01. The lowest BCUT2D eigenvalue weighted by Crippen LogP contribution is -2.40. The van der Waals surface area contributed by atoms with Crippen LogP contribution >= 0.6 is 12.4 Å². The molecule has 86 valence electrons. The molecule has 2 rings (SSSR count). The number of nitrogens with zero attached hydrogens (tertiary/aromatic N) is 2. The van der Waals surface area contributed by atoms with Gasteiger partial charge in [0.1, 0.15) is 0 Å². The Balaban J connectivity index is 0.00000112. The molecule has 4 nitrogen and oxygen atoms in total. The molecule has 1 aliphatic heterocycles. The van der Waals surface area contributed by atoms with Crippen molar-refractivity contribution in [2.24, 2.45) is 0 Å². The molecule has 0 amide bonds. The first-order valence-electron chi connectivity index (χ1n) is 5.35. The van der Waals surface area contributed by atoms with Crippen LogP contribution in [0.25, 0.3) is 0 Å². The van der Waals surface area contributed by atoms with Crippen molar-refractivity contribution in [3.05, 3.63) is 18.7 Å². The van der Waals surface area contributed by atoms with E-state index in [1.165, 1.54) is 12.8 Å². The number of piperidine rings is 1. The number of hydrogen-bond acceptors (Lipinski definition) is 3. The minimum absolute atomic E-state index is 0. The molecule has 0 aliphatic carbocycles. The first-order chi connectivity index (χ1) is 6.95. The lowest BCUT2D eigenvalue weighted by atomic mass is 10.1. The van der Waals surface area contributed by atoms with Gasteiger partial charge in [0, 0.05) is 31.5 Å². The molecular weight excluding hydrogens is 212 g/mol. The van der Waals surface area contributed by atoms with Crippen molar-refractivity contribution in [2.45, 2.75) is 25.4 Å². The van der Waals surface area contributed by atoms with Crippen LogP contribution < -0.4 is 10.6 Å². The van der Waals surface area contributed by atoms with E-state index < -0.39 is 0 Å². The van der Waals surface area contributed by atoms with E-state index >= 15 is 0 Å². The van der Waals surface area contributed by atoms with Gasteiger partial charge in [0.15, 0.2) is 0 Å². The third-order valence-electron chi connectivity index (χ3n) is 2.70. The first kappa shape index (κ1) is 12.5. The minimum atomic E-state index is 0. The molecule has 15 heavy (non-hydrogen) atoms. The van der Waals surface area contributed by atoms with Crippen LogP contribution in [-0.4, -0.2) is 35.2 Å². The summed E-state index contributed by atoms with van der Waals surface area (Å²) in [7, 11) is 0. The van der Waals surface area contributed by atoms with Gasteiger partial charge in [0.2, 0.25) is 0 Å². The van der Waals surface area contributed by atoms with E-state index in [0.29, 0.717) is 6.04 Å². The lowest BCUT2D eigenvalue weighted by Gasteiger charge is -2.23. The second-order valence-corrected chi connectivity index (χ2v) is 3.78. The minimum Gasteiger partial charge on any atom is -0.336 e. The average Bonchev–Trinajstić information content (AvgIpc) is 2.72. The normalized spacial score (nSPS) is 17.3. The SMILES string of the molecule is Cl.c1cn(CCNC2CCNCC2)cn1. The fourth-order valence-corrected chi connectivity index (χ4v) is 1.84. The molecule has 0 radical (unpaired) electrons. The zero-order chi connectivity index (χ0) is 9.64. The molecule has 0 unspecified atom stereocenters. The Morgan fingerprint density at radius 2 is 2.20 bits per heavy atom. The maximum absolute atomic E-state index is 4.01. The predicted molar refractivity (Wildman–Crippen MR) is 63.4 cm³/mol. The highest BCUT2D eigenvalue weighted by molar-refractivity contribution is 5.85. The molecule has 1 aromatic rings. The van der Waals surface area contributed by atoms with Gasteiger partial charge in [-0.15, -0.1) is 12.4 Å². The van der Waals surface area contributed by atoms with Crippen LogP contribution in [0.1, 0.15) is 12.8 Å². The number of hydrogen-bond donors (Lipinski definition) is 2. The molecule has 0 saturated carbocycles. The summed E-state index contributed by atoms with van der Waals surface area (Å²) in [5.74, 6) is 0. The summed E-state index contributed by atoms with van der Waals surface area (Å²) < 4.78 is 2.11. The fourth-order valence-electron chi connectivity index (χ4n) is 1.84. The highest BCUT2D eigenvalue weighted by Gasteiger charge is 2.10. The van der Waals surface area contributed by atoms with E-state index in [1.807, 2.05) is 18.7 Å². The van der Waals surface area contributed by atoms with E-state index in [9.17, 15) is 0 Å². The van der Waals surface area contributed by atoms with Gasteiger partial charge in [0.05, 0.1) is 6.33 Å². The Labute approximate surface area is 96.9 Å². The van der Waals surface area contributed by atoms with Crippen molar-refractivity contribution in [3.63, 3.8) is 0 Å². The molecule has 1 fully saturated rings. The highest BCUT2D eigenvalue weighted by atomic mass is 35.5. The van der Waals surface area contributed by atoms with Gasteiger partial charge in [0.25, 0.3) is 0 Å². The molecule has 1 aromatic heterocycles. The number of halogens is 1. The quantitative estimate of drug-likeness (QED) is 0.798. The van der Waals surface area contributed by atoms with Crippen molar-refractivity contribution in [3.8, 4) is 0 Å². The van der Waals surface area contributed by atoms with Gasteiger partial charge in [-0.2, -0.15) is 0 Å². The topological polar surface area (TPSA) is 41.9 Å². The zero-order valence-electron chi connectivity index (χ0n) is 8.85. The van der Waals surface area contributed by atoms with Crippen molar-refractivity contribution in [1.82, 2.24) is 20.2 Å². The standard InChI is InChI=1S/C10H18N4.ClH/c1-3-11-4-2-10(1)13-6-8-14-7-5-12-9-14;/h5,7,9-11,13H,1-4,6,8H2;1H. The molecule has 1 saturated heterocycles. The largest absolute Gasteiger partial charge is 0.336 e. The van der Waals surface area contributed by atoms with Crippen LogP contribution in [0.15, 0.2) is 18.7 Å². The van der Waals surface area contributed by atoms with Gasteiger partial charge in [-0.1, -0.05) is 0 Å². The fraction of sp³-hybridized carbons (Fsp3) is 0.700. The second kappa shape index (κ2) is 6.82. The Morgan fingerprint density at radius 3 is 2.87 bits per heavy atom. The summed E-state index contributed by atoms with van der Waals surface area (Å²) in [5, 5.41) is 6.93. The van der Waals surface area contributed by atoms with Gasteiger partial charge in [-0.3, -0.25) is 0 Å². The van der Waals surface area contributed by atoms with E-state index in [4.69, 9.17) is 0 Å². The highest BCUT2D eigenvalue weighted by Crippen LogP contribution is 2.01. The van der Waals surface area contributed by atoms with Crippen LogP contribution in [0.3, 0.4) is 0 Å². The monoisotopic (exact) mass is 230 g/mol. The smallest absolute Gasteiger partial charge is 0.0946 e. The predicted octanol–water partition coefficient (Wildman–Crippen LogP) is 0.646.